The Morgan fingerprint density at radius 1 is 1.20 bits per heavy atom. The first-order chi connectivity index (χ1) is 17.0. The highest BCUT2D eigenvalue weighted by Gasteiger charge is 2.29. The maximum atomic E-state index is 12.4. The molecule has 1 aromatic carbocycles. The first kappa shape index (κ1) is 23.2. The Morgan fingerprint density at radius 2 is 2.00 bits per heavy atom. The number of amides is 1. The highest BCUT2D eigenvalue weighted by Crippen LogP contribution is 2.37. The predicted octanol–water partition coefficient (Wildman–Crippen LogP) is 3.10. The molecular formula is C26H31N5O4. The molecule has 0 radical (unpaired) electrons. The molecule has 0 bridgehead atoms. The van der Waals surface area contributed by atoms with Crippen LogP contribution in [0.25, 0.3) is 16.9 Å². The van der Waals surface area contributed by atoms with E-state index >= 15 is 0 Å². The van der Waals surface area contributed by atoms with Crippen molar-refractivity contribution < 1.29 is 19.1 Å². The molecule has 3 aromatic rings. The molecule has 35 heavy (non-hydrogen) atoms. The van der Waals surface area contributed by atoms with Crippen LogP contribution in [0.5, 0.6) is 5.75 Å². The average molecular weight is 478 g/mol. The van der Waals surface area contributed by atoms with E-state index in [4.69, 9.17) is 20.2 Å². The Hall–Kier alpha value is -3.59. The summed E-state index contributed by atoms with van der Waals surface area (Å²) in [5.74, 6) is 0.513. The zero-order valence-electron chi connectivity index (χ0n) is 20.2. The monoisotopic (exact) mass is 477 g/mol. The number of esters is 1. The number of likely N-dealkylation sites (N-methyl/N-ethyl adjacent to an activating group) is 1. The van der Waals surface area contributed by atoms with Gasteiger partial charge < -0.3 is 24.5 Å². The third kappa shape index (κ3) is 4.43. The molecule has 0 saturated carbocycles. The first-order valence-corrected chi connectivity index (χ1v) is 12.2. The summed E-state index contributed by atoms with van der Waals surface area (Å²) in [7, 11) is 0. The molecule has 2 aliphatic rings. The molecular weight excluding hydrogens is 446 g/mol. The standard InChI is InChI=1S/C26H31N5O4/c1-3-30-20-13-18(5-7-22(20)35-16-24(30)32)25-21(31-14-19(27)6-8-23(31)28-25)15-29-11-9-17(10-12-29)26(33)34-4-2/h5-8,13-14,17H,3-4,9-12,15-16,27H2,1-2H3. The number of aromatic nitrogens is 2. The Morgan fingerprint density at radius 3 is 2.74 bits per heavy atom. The quantitative estimate of drug-likeness (QED) is 0.544. The van der Waals surface area contributed by atoms with Gasteiger partial charge in [0, 0.05) is 30.5 Å². The number of rotatable bonds is 6. The minimum atomic E-state index is -0.0956. The fourth-order valence-electron chi connectivity index (χ4n) is 4.99. The van der Waals surface area contributed by atoms with Crippen molar-refractivity contribution in [2.24, 2.45) is 5.92 Å². The summed E-state index contributed by atoms with van der Waals surface area (Å²) >= 11 is 0. The SMILES string of the molecule is CCOC(=O)C1CCN(Cc2c(-c3ccc4c(c3)N(CC)C(=O)CO4)nc3ccc(N)cn23)CC1. The van der Waals surface area contributed by atoms with Crippen LogP contribution >= 0.6 is 0 Å². The number of pyridine rings is 1. The number of nitrogens with zero attached hydrogens (tertiary/aromatic N) is 4. The minimum absolute atomic E-state index is 0.0401. The number of hydrogen-bond acceptors (Lipinski definition) is 7. The second-order valence-electron chi connectivity index (χ2n) is 9.01. The normalized spacial score (nSPS) is 16.9. The number of likely N-dealkylation sites (tertiary alicyclic amines) is 1. The number of imidazole rings is 1. The number of nitrogens with two attached hydrogens (primary N) is 1. The van der Waals surface area contributed by atoms with Crippen LogP contribution in [0.1, 0.15) is 32.4 Å². The number of carbonyl (C=O) groups is 2. The second kappa shape index (κ2) is 9.58. The van der Waals surface area contributed by atoms with Gasteiger partial charge in [0.05, 0.1) is 29.6 Å². The molecule has 4 heterocycles. The third-order valence-electron chi connectivity index (χ3n) is 6.81. The van der Waals surface area contributed by atoms with Crippen molar-refractivity contribution in [2.45, 2.75) is 33.2 Å². The van der Waals surface area contributed by atoms with Gasteiger partial charge in [-0.25, -0.2) is 4.98 Å². The summed E-state index contributed by atoms with van der Waals surface area (Å²) in [5, 5.41) is 0. The van der Waals surface area contributed by atoms with Crippen LogP contribution in [0.2, 0.25) is 0 Å². The van der Waals surface area contributed by atoms with Crippen LogP contribution < -0.4 is 15.4 Å². The number of piperidine rings is 1. The van der Waals surface area contributed by atoms with Crippen LogP contribution in [0.4, 0.5) is 11.4 Å². The summed E-state index contributed by atoms with van der Waals surface area (Å²) < 4.78 is 12.9. The third-order valence-corrected chi connectivity index (χ3v) is 6.81. The summed E-state index contributed by atoms with van der Waals surface area (Å²) in [4.78, 5) is 33.6. The lowest BCUT2D eigenvalue weighted by Gasteiger charge is -2.31. The lowest BCUT2D eigenvalue weighted by Crippen LogP contribution is -2.38. The van der Waals surface area contributed by atoms with Gasteiger partial charge in [0.25, 0.3) is 5.91 Å². The zero-order chi connectivity index (χ0) is 24.5. The highest BCUT2D eigenvalue weighted by atomic mass is 16.5. The van der Waals surface area contributed by atoms with E-state index in [1.165, 1.54) is 0 Å². The second-order valence-corrected chi connectivity index (χ2v) is 9.01. The summed E-state index contributed by atoms with van der Waals surface area (Å²) in [6.45, 7) is 7.11. The van der Waals surface area contributed by atoms with E-state index in [1.807, 2.05) is 54.8 Å². The van der Waals surface area contributed by atoms with Crippen LogP contribution in [-0.4, -0.2) is 59.0 Å². The Kier molecular flexibility index (Phi) is 6.34. The van der Waals surface area contributed by atoms with Gasteiger partial charge in [0.15, 0.2) is 6.61 Å². The average Bonchev–Trinajstić information content (AvgIpc) is 3.21. The number of fused-ring (bicyclic) bond motifs is 2. The van der Waals surface area contributed by atoms with E-state index in [1.54, 1.807) is 4.90 Å². The molecule has 2 aliphatic heterocycles. The van der Waals surface area contributed by atoms with Gasteiger partial charge in [-0.2, -0.15) is 0 Å². The maximum absolute atomic E-state index is 12.4. The van der Waals surface area contributed by atoms with Gasteiger partial charge in [0.2, 0.25) is 0 Å². The molecule has 1 fully saturated rings. The van der Waals surface area contributed by atoms with Crippen molar-refractivity contribution in [1.29, 1.82) is 0 Å². The molecule has 0 atom stereocenters. The van der Waals surface area contributed by atoms with E-state index in [2.05, 4.69) is 4.90 Å². The molecule has 9 nitrogen and oxygen atoms in total. The molecule has 2 aromatic heterocycles. The van der Waals surface area contributed by atoms with Crippen molar-refractivity contribution in [2.75, 3.05) is 43.5 Å². The molecule has 5 rings (SSSR count). The highest BCUT2D eigenvalue weighted by molar-refractivity contribution is 5.98. The number of hydrogen-bond donors (Lipinski definition) is 1. The van der Waals surface area contributed by atoms with Gasteiger partial charge in [-0.1, -0.05) is 0 Å². The predicted molar refractivity (Wildman–Crippen MR) is 133 cm³/mol. The van der Waals surface area contributed by atoms with Crippen molar-refractivity contribution >= 4 is 28.9 Å². The lowest BCUT2D eigenvalue weighted by atomic mass is 9.96. The molecule has 0 aliphatic carbocycles. The fraction of sp³-hybridized carbons (Fsp3) is 0.423. The number of carbonyl (C=O) groups excluding carboxylic acids is 2. The largest absolute Gasteiger partial charge is 0.482 e. The Labute approximate surface area is 204 Å². The molecule has 1 amide bonds. The van der Waals surface area contributed by atoms with E-state index in [-0.39, 0.29) is 24.4 Å². The molecule has 2 N–H and O–H groups in total. The van der Waals surface area contributed by atoms with Gasteiger partial charge in [-0.05, 0) is 70.1 Å². The topological polar surface area (TPSA) is 102 Å². The molecule has 0 unspecified atom stereocenters. The van der Waals surface area contributed by atoms with Crippen molar-refractivity contribution in [1.82, 2.24) is 14.3 Å². The van der Waals surface area contributed by atoms with E-state index < -0.39 is 0 Å². The maximum Gasteiger partial charge on any atom is 0.309 e. The Bertz CT molecular complexity index is 1260. The minimum Gasteiger partial charge on any atom is -0.482 e. The summed E-state index contributed by atoms with van der Waals surface area (Å²) in [5.41, 5.74) is 11.1. The smallest absolute Gasteiger partial charge is 0.309 e. The Balaban J connectivity index is 1.48. The van der Waals surface area contributed by atoms with Crippen LogP contribution in [0.15, 0.2) is 36.5 Å². The first-order valence-electron chi connectivity index (χ1n) is 12.2. The zero-order valence-corrected chi connectivity index (χ0v) is 20.2. The van der Waals surface area contributed by atoms with Crippen LogP contribution in [0, 0.1) is 5.92 Å². The van der Waals surface area contributed by atoms with E-state index in [9.17, 15) is 9.59 Å². The van der Waals surface area contributed by atoms with Gasteiger partial charge >= 0.3 is 5.97 Å². The molecule has 9 heteroatoms. The number of anilines is 2. The molecule has 0 spiro atoms. The van der Waals surface area contributed by atoms with Gasteiger partial charge in [-0.3, -0.25) is 14.5 Å². The number of benzene rings is 1. The van der Waals surface area contributed by atoms with Crippen molar-refractivity contribution in [3.63, 3.8) is 0 Å². The molecule has 1 saturated heterocycles. The number of ether oxygens (including phenoxy) is 2. The van der Waals surface area contributed by atoms with Crippen molar-refractivity contribution in [3.8, 4) is 17.0 Å². The van der Waals surface area contributed by atoms with Crippen LogP contribution in [-0.2, 0) is 20.9 Å². The summed E-state index contributed by atoms with van der Waals surface area (Å²) in [6, 6.07) is 9.64. The van der Waals surface area contributed by atoms with Crippen LogP contribution in [0.3, 0.4) is 0 Å². The lowest BCUT2D eigenvalue weighted by molar-refractivity contribution is -0.149. The fourth-order valence-corrected chi connectivity index (χ4v) is 4.99. The van der Waals surface area contributed by atoms with E-state index in [0.29, 0.717) is 31.1 Å². The van der Waals surface area contributed by atoms with Gasteiger partial charge in [-0.15, -0.1) is 0 Å². The molecule has 184 valence electrons. The van der Waals surface area contributed by atoms with Gasteiger partial charge in [0.1, 0.15) is 11.4 Å². The summed E-state index contributed by atoms with van der Waals surface area (Å²) in [6.07, 6.45) is 3.45. The number of nitrogen functional groups attached to an aromatic ring is 1. The van der Waals surface area contributed by atoms with E-state index in [0.717, 1.165) is 54.2 Å². The van der Waals surface area contributed by atoms with Crippen molar-refractivity contribution in [3.05, 3.63) is 42.2 Å².